The van der Waals surface area contributed by atoms with Gasteiger partial charge in [-0.2, -0.15) is 0 Å². The predicted octanol–water partition coefficient (Wildman–Crippen LogP) is 4.19. The molecule has 1 rings (SSSR count). The first-order chi connectivity index (χ1) is 8.93. The fourth-order valence-electron chi connectivity index (χ4n) is 1.62. The normalized spacial score (nSPS) is 13.3. The van der Waals surface area contributed by atoms with Gasteiger partial charge in [0.1, 0.15) is 5.78 Å². The Labute approximate surface area is 120 Å². The van der Waals surface area contributed by atoms with Crippen LogP contribution in [-0.2, 0) is 9.53 Å². The highest BCUT2D eigenvalue weighted by Gasteiger charge is 2.24. The summed E-state index contributed by atoms with van der Waals surface area (Å²) < 4.78 is 5.69. The molecule has 3 heteroatoms. The molecule has 0 aliphatic rings. The molecular weight excluding hydrogens is 256 g/mol. The van der Waals surface area contributed by atoms with Crippen LogP contribution in [0.25, 0.3) is 0 Å². The van der Waals surface area contributed by atoms with Gasteiger partial charge in [0.25, 0.3) is 0 Å². The molecule has 19 heavy (non-hydrogen) atoms. The smallest absolute Gasteiger partial charge is 0.140 e. The third-order valence-corrected chi connectivity index (χ3v) is 3.97. The maximum Gasteiger partial charge on any atom is 0.140 e. The molecule has 1 aromatic rings. The Bertz CT molecular complexity index is 381. The molecule has 0 amide bonds. The predicted molar refractivity (Wildman–Crippen MR) is 81.7 cm³/mol. The van der Waals surface area contributed by atoms with Crippen LogP contribution >= 0.6 is 11.8 Å². The van der Waals surface area contributed by atoms with Gasteiger partial charge in [0, 0.05) is 29.1 Å². The van der Waals surface area contributed by atoms with Crippen LogP contribution in [0.15, 0.2) is 35.2 Å². The number of carbonyl (C=O) groups is 1. The summed E-state index contributed by atoms with van der Waals surface area (Å²) in [4.78, 5) is 13.3. The minimum atomic E-state index is -0.285. The van der Waals surface area contributed by atoms with Gasteiger partial charge in [-0.25, -0.2) is 0 Å². The van der Waals surface area contributed by atoms with Crippen LogP contribution in [0.1, 0.15) is 34.1 Å². The summed E-state index contributed by atoms with van der Waals surface area (Å²) >= 11 is 1.74. The van der Waals surface area contributed by atoms with Gasteiger partial charge in [-0.1, -0.05) is 39.0 Å². The summed E-state index contributed by atoms with van der Waals surface area (Å²) in [5.74, 6) is 1.08. The highest BCUT2D eigenvalue weighted by Crippen LogP contribution is 2.23. The van der Waals surface area contributed by atoms with Crippen LogP contribution in [0.3, 0.4) is 0 Å². The van der Waals surface area contributed by atoms with Crippen LogP contribution in [0.2, 0.25) is 0 Å². The number of thioether (sulfide) groups is 1. The van der Waals surface area contributed by atoms with E-state index < -0.39 is 0 Å². The lowest BCUT2D eigenvalue weighted by atomic mass is 9.88. The second-order valence-electron chi connectivity index (χ2n) is 5.58. The molecule has 0 aromatic heterocycles. The minimum absolute atomic E-state index is 0.00179. The number of hydrogen-bond acceptors (Lipinski definition) is 3. The first kappa shape index (κ1) is 16.3. The van der Waals surface area contributed by atoms with Crippen molar-refractivity contribution in [3.8, 4) is 0 Å². The summed E-state index contributed by atoms with van der Waals surface area (Å²) in [7, 11) is 0. The quantitative estimate of drug-likeness (QED) is 0.701. The van der Waals surface area contributed by atoms with E-state index in [0.29, 0.717) is 13.0 Å². The Morgan fingerprint density at radius 3 is 2.42 bits per heavy atom. The third-order valence-electron chi connectivity index (χ3n) is 2.83. The monoisotopic (exact) mass is 280 g/mol. The van der Waals surface area contributed by atoms with E-state index in [1.807, 2.05) is 45.9 Å². The van der Waals surface area contributed by atoms with E-state index in [2.05, 4.69) is 12.1 Å². The van der Waals surface area contributed by atoms with Crippen LogP contribution in [0.4, 0.5) is 0 Å². The Kier molecular flexibility index (Phi) is 6.59. The standard InChI is InChI=1S/C16H24O2S/c1-5-18-13(11-15(17)16(2,3)4)12-19-14-9-7-6-8-10-14/h6-10,13H,5,11-12H2,1-4H3. The minimum Gasteiger partial charge on any atom is -0.377 e. The van der Waals surface area contributed by atoms with Crippen molar-refractivity contribution in [3.63, 3.8) is 0 Å². The molecular formula is C16H24O2S. The molecule has 0 bridgehead atoms. The van der Waals surface area contributed by atoms with Crippen LogP contribution in [-0.4, -0.2) is 24.2 Å². The number of benzene rings is 1. The maximum atomic E-state index is 12.1. The number of hydrogen-bond donors (Lipinski definition) is 0. The second-order valence-corrected chi connectivity index (χ2v) is 6.67. The molecule has 106 valence electrons. The Balaban J connectivity index is 2.51. The average Bonchev–Trinajstić information content (AvgIpc) is 2.36. The van der Waals surface area contributed by atoms with Crippen molar-refractivity contribution in [1.29, 1.82) is 0 Å². The number of ketones is 1. The van der Waals surface area contributed by atoms with Crippen molar-refractivity contribution in [2.45, 2.75) is 45.1 Å². The van der Waals surface area contributed by atoms with Gasteiger partial charge in [0.05, 0.1) is 6.10 Å². The second kappa shape index (κ2) is 7.71. The largest absolute Gasteiger partial charge is 0.377 e. The number of Topliss-reactive ketones (excluding diaryl/α,β-unsaturated/α-hetero) is 1. The average molecular weight is 280 g/mol. The summed E-state index contributed by atoms with van der Waals surface area (Å²) in [5.41, 5.74) is -0.285. The van der Waals surface area contributed by atoms with E-state index >= 15 is 0 Å². The Morgan fingerprint density at radius 1 is 1.26 bits per heavy atom. The van der Waals surface area contributed by atoms with Gasteiger partial charge in [-0.15, -0.1) is 11.8 Å². The fraction of sp³-hybridized carbons (Fsp3) is 0.562. The molecule has 0 fully saturated rings. The van der Waals surface area contributed by atoms with E-state index in [1.165, 1.54) is 4.90 Å². The highest BCUT2D eigenvalue weighted by atomic mass is 32.2. The van der Waals surface area contributed by atoms with E-state index in [-0.39, 0.29) is 17.3 Å². The van der Waals surface area contributed by atoms with Crippen molar-refractivity contribution >= 4 is 17.5 Å². The van der Waals surface area contributed by atoms with Crippen molar-refractivity contribution in [1.82, 2.24) is 0 Å². The summed E-state index contributed by atoms with van der Waals surface area (Å²) in [6.07, 6.45) is 0.499. The molecule has 0 saturated heterocycles. The molecule has 1 unspecified atom stereocenters. The number of carbonyl (C=O) groups excluding carboxylic acids is 1. The lowest BCUT2D eigenvalue weighted by Crippen LogP contribution is -2.28. The highest BCUT2D eigenvalue weighted by molar-refractivity contribution is 7.99. The molecule has 1 atom stereocenters. The van der Waals surface area contributed by atoms with Crippen LogP contribution < -0.4 is 0 Å². The zero-order valence-electron chi connectivity index (χ0n) is 12.3. The molecule has 0 saturated carbocycles. The van der Waals surface area contributed by atoms with Gasteiger partial charge >= 0.3 is 0 Å². The lowest BCUT2D eigenvalue weighted by molar-refractivity contribution is -0.128. The zero-order chi connectivity index (χ0) is 14.3. The Morgan fingerprint density at radius 2 is 1.89 bits per heavy atom. The molecule has 2 nitrogen and oxygen atoms in total. The fourth-order valence-corrected chi connectivity index (χ4v) is 2.56. The topological polar surface area (TPSA) is 26.3 Å². The summed E-state index contributed by atoms with van der Waals surface area (Å²) in [5, 5.41) is 0. The maximum absolute atomic E-state index is 12.1. The molecule has 0 N–H and O–H groups in total. The van der Waals surface area contributed by atoms with Gasteiger partial charge in [0.15, 0.2) is 0 Å². The van der Waals surface area contributed by atoms with E-state index in [1.54, 1.807) is 11.8 Å². The molecule has 0 spiro atoms. The lowest BCUT2D eigenvalue weighted by Gasteiger charge is -2.22. The van der Waals surface area contributed by atoms with Crippen LogP contribution in [0.5, 0.6) is 0 Å². The Hall–Kier alpha value is -0.800. The molecule has 1 aromatic carbocycles. The summed E-state index contributed by atoms with van der Waals surface area (Å²) in [6, 6.07) is 10.2. The number of rotatable bonds is 7. The summed E-state index contributed by atoms with van der Waals surface area (Å²) in [6.45, 7) is 8.51. The van der Waals surface area contributed by atoms with Crippen molar-refractivity contribution in [3.05, 3.63) is 30.3 Å². The SMILES string of the molecule is CCOC(CSc1ccccc1)CC(=O)C(C)(C)C. The zero-order valence-corrected chi connectivity index (χ0v) is 13.1. The van der Waals surface area contributed by atoms with Gasteiger partial charge in [-0.3, -0.25) is 4.79 Å². The van der Waals surface area contributed by atoms with Crippen LogP contribution in [0, 0.1) is 5.41 Å². The van der Waals surface area contributed by atoms with E-state index in [4.69, 9.17) is 4.74 Å². The third kappa shape index (κ3) is 6.26. The molecule has 0 aliphatic heterocycles. The van der Waals surface area contributed by atoms with Crippen molar-refractivity contribution < 1.29 is 9.53 Å². The van der Waals surface area contributed by atoms with E-state index in [0.717, 1.165) is 5.75 Å². The van der Waals surface area contributed by atoms with Gasteiger partial charge in [0.2, 0.25) is 0 Å². The molecule has 0 heterocycles. The number of ether oxygens (including phenoxy) is 1. The van der Waals surface area contributed by atoms with Crippen molar-refractivity contribution in [2.24, 2.45) is 5.41 Å². The first-order valence-electron chi connectivity index (χ1n) is 6.76. The van der Waals surface area contributed by atoms with Gasteiger partial charge in [-0.05, 0) is 19.1 Å². The molecule has 0 aliphatic carbocycles. The first-order valence-corrected chi connectivity index (χ1v) is 7.74. The van der Waals surface area contributed by atoms with Gasteiger partial charge < -0.3 is 4.74 Å². The molecule has 0 radical (unpaired) electrons. The van der Waals surface area contributed by atoms with Crippen molar-refractivity contribution in [2.75, 3.05) is 12.4 Å². The van der Waals surface area contributed by atoms with E-state index in [9.17, 15) is 4.79 Å².